The maximum absolute atomic E-state index is 13.2. The first kappa shape index (κ1) is 20.1. The van der Waals surface area contributed by atoms with Crippen LogP contribution in [-0.2, 0) is 9.53 Å². The highest BCUT2D eigenvalue weighted by Crippen LogP contribution is 2.42. The van der Waals surface area contributed by atoms with Gasteiger partial charge in [-0.15, -0.1) is 0 Å². The minimum Gasteiger partial charge on any atom is -0.357 e. The monoisotopic (exact) mass is 402 g/mol. The van der Waals surface area contributed by atoms with Crippen molar-refractivity contribution in [3.8, 4) is 11.1 Å². The molecule has 3 rings (SSSR count). The zero-order valence-electron chi connectivity index (χ0n) is 16.5. The topological polar surface area (TPSA) is 26.3 Å². The number of Topliss-reactive ketones (excluding diaryl/α,β-unsaturated/α-hetero) is 1. The van der Waals surface area contributed by atoms with Crippen LogP contribution in [0.25, 0.3) is 16.7 Å². The number of aryl methyl sites for hydroxylation is 1. The molecule has 0 saturated carbocycles. The summed E-state index contributed by atoms with van der Waals surface area (Å²) < 4.78 is 6.08. The molecular weight excluding hydrogens is 379 g/mol. The van der Waals surface area contributed by atoms with E-state index in [-0.39, 0.29) is 5.78 Å². The summed E-state index contributed by atoms with van der Waals surface area (Å²) in [5, 5.41) is 1.03. The number of carbonyl (C=O) groups is 1. The predicted octanol–water partition coefficient (Wildman–Crippen LogP) is 6.90. The number of ketones is 1. The fraction of sp³-hybridized carbons (Fsp3) is 0.348. The van der Waals surface area contributed by atoms with E-state index in [9.17, 15) is 4.79 Å². The highest BCUT2D eigenvalue weighted by atomic mass is 35.5. The van der Waals surface area contributed by atoms with Crippen molar-refractivity contribution in [2.45, 2.75) is 52.7 Å². The molecule has 0 unspecified atom stereocenters. The summed E-state index contributed by atoms with van der Waals surface area (Å²) in [6.45, 7) is 11.7. The molecule has 0 spiro atoms. The van der Waals surface area contributed by atoms with Crippen LogP contribution in [0.5, 0.6) is 0 Å². The van der Waals surface area contributed by atoms with Crippen LogP contribution >= 0.6 is 23.2 Å². The quantitative estimate of drug-likeness (QED) is 0.545. The van der Waals surface area contributed by atoms with E-state index >= 15 is 0 Å². The molecule has 0 amide bonds. The Balaban J connectivity index is 2.22. The highest BCUT2D eigenvalue weighted by molar-refractivity contribution is 6.42. The third kappa shape index (κ3) is 3.59. The van der Waals surface area contributed by atoms with Crippen molar-refractivity contribution < 1.29 is 9.53 Å². The maximum atomic E-state index is 13.2. The summed E-state index contributed by atoms with van der Waals surface area (Å²) >= 11 is 12.2. The molecule has 2 aromatic carbocycles. The zero-order chi connectivity index (χ0) is 20.1. The van der Waals surface area contributed by atoms with E-state index in [1.807, 2.05) is 65.8 Å². The standard InChI is InChI=1S/C23H24Cl2O2/c1-13-7-8-15(16-9-10-18(24)19(25)12-16)11-17(13)20-14(2)22(3,4)27-23(5,6)21(20)26/h7-12H,1-6H3. The van der Waals surface area contributed by atoms with Gasteiger partial charge < -0.3 is 4.74 Å². The Labute approximate surface area is 171 Å². The summed E-state index contributed by atoms with van der Waals surface area (Å²) in [5.41, 5.74) is 4.24. The number of rotatable bonds is 2. The molecule has 0 N–H and O–H groups in total. The summed E-state index contributed by atoms with van der Waals surface area (Å²) in [6, 6.07) is 11.7. The lowest BCUT2D eigenvalue weighted by Crippen LogP contribution is -2.49. The van der Waals surface area contributed by atoms with Crippen LogP contribution in [0.3, 0.4) is 0 Å². The molecule has 0 radical (unpaired) electrons. The maximum Gasteiger partial charge on any atom is 0.194 e. The Morgan fingerprint density at radius 1 is 0.815 bits per heavy atom. The first-order chi connectivity index (χ1) is 12.4. The van der Waals surface area contributed by atoms with Crippen LogP contribution < -0.4 is 0 Å². The Morgan fingerprint density at radius 2 is 1.41 bits per heavy atom. The number of ether oxygens (including phenoxy) is 1. The Hall–Kier alpha value is -1.61. The molecule has 2 aromatic rings. The average molecular weight is 403 g/mol. The van der Waals surface area contributed by atoms with Crippen LogP contribution in [-0.4, -0.2) is 17.0 Å². The summed E-state index contributed by atoms with van der Waals surface area (Å²) in [5.74, 6) is 0.00807. The molecule has 0 saturated heterocycles. The molecule has 1 aliphatic rings. The van der Waals surface area contributed by atoms with Crippen molar-refractivity contribution in [3.05, 3.63) is 63.1 Å². The van der Waals surface area contributed by atoms with Gasteiger partial charge in [0.2, 0.25) is 0 Å². The largest absolute Gasteiger partial charge is 0.357 e. The van der Waals surface area contributed by atoms with Crippen molar-refractivity contribution in [2.24, 2.45) is 0 Å². The second-order valence-electron chi connectivity index (χ2n) is 8.11. The summed E-state index contributed by atoms with van der Waals surface area (Å²) in [4.78, 5) is 13.2. The Kier molecular flexibility index (Phi) is 5.05. The number of benzene rings is 2. The van der Waals surface area contributed by atoms with Gasteiger partial charge in [0, 0.05) is 5.57 Å². The molecule has 142 valence electrons. The molecule has 2 nitrogen and oxygen atoms in total. The lowest BCUT2D eigenvalue weighted by atomic mass is 9.78. The van der Waals surface area contributed by atoms with E-state index in [0.717, 1.165) is 33.4 Å². The van der Waals surface area contributed by atoms with E-state index in [1.54, 1.807) is 6.07 Å². The van der Waals surface area contributed by atoms with Crippen LogP contribution in [0, 0.1) is 6.92 Å². The predicted molar refractivity (Wildman–Crippen MR) is 113 cm³/mol. The molecule has 1 heterocycles. The first-order valence-electron chi connectivity index (χ1n) is 8.97. The third-order valence-corrected chi connectivity index (χ3v) is 6.06. The molecule has 0 aromatic heterocycles. The second kappa shape index (κ2) is 6.77. The van der Waals surface area contributed by atoms with Crippen LogP contribution in [0.2, 0.25) is 10.0 Å². The van der Waals surface area contributed by atoms with E-state index in [1.165, 1.54) is 0 Å². The van der Waals surface area contributed by atoms with Gasteiger partial charge in [0.15, 0.2) is 5.78 Å². The van der Waals surface area contributed by atoms with Gasteiger partial charge in [0.1, 0.15) is 5.60 Å². The van der Waals surface area contributed by atoms with Gasteiger partial charge in [-0.25, -0.2) is 0 Å². The normalized spacial score (nSPS) is 18.7. The van der Waals surface area contributed by atoms with Crippen molar-refractivity contribution in [2.75, 3.05) is 0 Å². The Bertz CT molecular complexity index is 968. The van der Waals surface area contributed by atoms with Crippen molar-refractivity contribution in [1.82, 2.24) is 0 Å². The smallest absolute Gasteiger partial charge is 0.194 e. The van der Waals surface area contributed by atoms with Crippen molar-refractivity contribution in [3.63, 3.8) is 0 Å². The average Bonchev–Trinajstić information content (AvgIpc) is 2.57. The van der Waals surface area contributed by atoms with Crippen LogP contribution in [0.4, 0.5) is 0 Å². The van der Waals surface area contributed by atoms with E-state index in [0.29, 0.717) is 10.0 Å². The van der Waals surface area contributed by atoms with Crippen LogP contribution in [0.1, 0.15) is 45.7 Å². The first-order valence-corrected chi connectivity index (χ1v) is 9.72. The van der Waals surface area contributed by atoms with Gasteiger partial charge in [-0.2, -0.15) is 0 Å². The minimum atomic E-state index is -0.871. The lowest BCUT2D eigenvalue weighted by Gasteiger charge is -2.42. The molecular formula is C23H24Cl2O2. The van der Waals surface area contributed by atoms with Gasteiger partial charge in [-0.3, -0.25) is 4.79 Å². The molecule has 1 aliphatic heterocycles. The fourth-order valence-corrected chi connectivity index (χ4v) is 3.90. The number of hydrogen-bond acceptors (Lipinski definition) is 2. The Morgan fingerprint density at radius 3 is 2.04 bits per heavy atom. The summed E-state index contributed by atoms with van der Waals surface area (Å²) in [6.07, 6.45) is 0. The van der Waals surface area contributed by atoms with Gasteiger partial charge in [-0.05, 0) is 87.6 Å². The fourth-order valence-electron chi connectivity index (χ4n) is 3.60. The zero-order valence-corrected chi connectivity index (χ0v) is 18.0. The number of carbonyl (C=O) groups excluding carboxylic acids is 1. The highest BCUT2D eigenvalue weighted by Gasteiger charge is 2.45. The van der Waals surface area contributed by atoms with Gasteiger partial charge in [0.05, 0.1) is 15.6 Å². The minimum absolute atomic E-state index is 0.00807. The van der Waals surface area contributed by atoms with E-state index in [2.05, 4.69) is 6.07 Å². The van der Waals surface area contributed by atoms with Crippen molar-refractivity contribution >= 4 is 34.6 Å². The molecule has 0 atom stereocenters. The van der Waals surface area contributed by atoms with E-state index in [4.69, 9.17) is 27.9 Å². The summed E-state index contributed by atoms with van der Waals surface area (Å²) in [7, 11) is 0. The van der Waals surface area contributed by atoms with E-state index < -0.39 is 11.2 Å². The molecule has 0 bridgehead atoms. The van der Waals surface area contributed by atoms with Gasteiger partial charge >= 0.3 is 0 Å². The molecule has 0 fully saturated rings. The SMILES string of the molecule is CC1=C(c2cc(-c3ccc(Cl)c(Cl)c3)ccc2C)C(=O)C(C)(C)OC1(C)C. The number of halogens is 2. The third-order valence-electron chi connectivity index (χ3n) is 5.32. The second-order valence-corrected chi connectivity index (χ2v) is 8.92. The van der Waals surface area contributed by atoms with Gasteiger partial charge in [-0.1, -0.05) is 41.4 Å². The molecule has 0 aliphatic carbocycles. The lowest BCUT2D eigenvalue weighted by molar-refractivity contribution is -0.152. The number of hydrogen-bond donors (Lipinski definition) is 0. The van der Waals surface area contributed by atoms with Crippen LogP contribution in [0.15, 0.2) is 42.0 Å². The van der Waals surface area contributed by atoms with Gasteiger partial charge in [0.25, 0.3) is 0 Å². The van der Waals surface area contributed by atoms with Crippen molar-refractivity contribution in [1.29, 1.82) is 0 Å². The molecule has 4 heteroatoms. The molecule has 27 heavy (non-hydrogen) atoms.